The van der Waals surface area contributed by atoms with Gasteiger partial charge < -0.3 is 5.32 Å². The normalized spacial score (nSPS) is 18.5. The molecule has 13 heavy (non-hydrogen) atoms. The first-order chi connectivity index (χ1) is 6.35. The van der Waals surface area contributed by atoms with Crippen LogP contribution in [0.1, 0.15) is 18.4 Å². The van der Waals surface area contributed by atoms with Crippen LogP contribution in [0.25, 0.3) is 0 Å². The third-order valence-electron chi connectivity index (χ3n) is 2.93. The Kier molecular flexibility index (Phi) is 2.36. The fourth-order valence-electron chi connectivity index (χ4n) is 2.00. The molecule has 0 radical (unpaired) electrons. The Balaban J connectivity index is 1.98. The van der Waals surface area contributed by atoms with Crippen LogP contribution in [0, 0.1) is 5.41 Å². The van der Waals surface area contributed by atoms with E-state index in [1.54, 1.807) is 0 Å². The summed E-state index contributed by atoms with van der Waals surface area (Å²) in [5.41, 5.74) is 2.08. The van der Waals surface area contributed by atoms with Gasteiger partial charge >= 0.3 is 0 Å². The highest BCUT2D eigenvalue weighted by Gasteiger charge is 2.41. The maximum atomic E-state index is 3.29. The minimum Gasteiger partial charge on any atom is -0.319 e. The minimum absolute atomic E-state index is 0.593. The quantitative estimate of drug-likeness (QED) is 0.740. The summed E-state index contributed by atoms with van der Waals surface area (Å²) >= 11 is 0. The molecule has 0 atom stereocenters. The van der Waals surface area contributed by atoms with Crippen molar-refractivity contribution in [3.05, 3.63) is 35.9 Å². The van der Waals surface area contributed by atoms with Gasteiger partial charge in [0.2, 0.25) is 0 Å². The van der Waals surface area contributed by atoms with Gasteiger partial charge in [0.15, 0.2) is 0 Å². The van der Waals surface area contributed by atoms with Crippen molar-refractivity contribution in [3.8, 4) is 0 Å². The molecule has 0 amide bonds. The van der Waals surface area contributed by atoms with Crippen LogP contribution < -0.4 is 5.32 Å². The Labute approximate surface area is 80.2 Å². The summed E-state index contributed by atoms with van der Waals surface area (Å²) < 4.78 is 0. The molecule has 1 aromatic rings. The van der Waals surface area contributed by atoms with E-state index in [0.29, 0.717) is 5.41 Å². The molecule has 2 rings (SSSR count). The third kappa shape index (κ3) is 2.10. The second-order valence-electron chi connectivity index (χ2n) is 4.19. The highest BCUT2D eigenvalue weighted by molar-refractivity contribution is 5.18. The zero-order chi connectivity index (χ0) is 9.15. The van der Waals surface area contributed by atoms with Crippen molar-refractivity contribution in [2.75, 3.05) is 13.6 Å². The molecule has 1 aliphatic carbocycles. The van der Waals surface area contributed by atoms with E-state index >= 15 is 0 Å². The van der Waals surface area contributed by atoms with Crippen LogP contribution in [0.15, 0.2) is 30.3 Å². The molecule has 1 N–H and O–H groups in total. The molecule has 1 aliphatic rings. The van der Waals surface area contributed by atoms with E-state index in [9.17, 15) is 0 Å². The number of nitrogens with one attached hydrogen (secondary N) is 1. The topological polar surface area (TPSA) is 12.0 Å². The maximum absolute atomic E-state index is 3.29. The first-order valence-electron chi connectivity index (χ1n) is 5.03. The van der Waals surface area contributed by atoms with Crippen LogP contribution in [-0.4, -0.2) is 13.6 Å². The molecule has 1 fully saturated rings. The fraction of sp³-hybridized carbons (Fsp3) is 0.500. The van der Waals surface area contributed by atoms with Gasteiger partial charge in [0.25, 0.3) is 0 Å². The maximum Gasteiger partial charge on any atom is 0.000800 e. The molecule has 1 nitrogen and oxygen atoms in total. The Hall–Kier alpha value is -0.820. The molecule has 1 heteroatoms. The summed E-state index contributed by atoms with van der Waals surface area (Å²) in [5.74, 6) is 0. The molecule has 0 saturated heterocycles. The van der Waals surface area contributed by atoms with Gasteiger partial charge in [-0.15, -0.1) is 0 Å². The Bertz CT molecular complexity index is 262. The van der Waals surface area contributed by atoms with Crippen molar-refractivity contribution in [3.63, 3.8) is 0 Å². The van der Waals surface area contributed by atoms with Crippen LogP contribution in [0.5, 0.6) is 0 Å². The molecule has 70 valence electrons. The molecular formula is C12H17N. The number of hydrogen-bond donors (Lipinski definition) is 1. The molecule has 0 unspecified atom stereocenters. The minimum atomic E-state index is 0.593. The van der Waals surface area contributed by atoms with Crippen molar-refractivity contribution in [2.24, 2.45) is 5.41 Å². The van der Waals surface area contributed by atoms with E-state index in [0.717, 1.165) is 0 Å². The van der Waals surface area contributed by atoms with Gasteiger partial charge in [0, 0.05) is 6.54 Å². The largest absolute Gasteiger partial charge is 0.319 e. The molecule has 1 saturated carbocycles. The van der Waals surface area contributed by atoms with Crippen molar-refractivity contribution in [1.82, 2.24) is 5.32 Å². The smallest absolute Gasteiger partial charge is 0.000800 e. The first kappa shape index (κ1) is 8.76. The van der Waals surface area contributed by atoms with Crippen LogP contribution in [0.4, 0.5) is 0 Å². The van der Waals surface area contributed by atoms with Crippen molar-refractivity contribution >= 4 is 0 Å². The van der Waals surface area contributed by atoms with Gasteiger partial charge in [-0.1, -0.05) is 30.3 Å². The van der Waals surface area contributed by atoms with Gasteiger partial charge in [-0.25, -0.2) is 0 Å². The van der Waals surface area contributed by atoms with Crippen molar-refractivity contribution < 1.29 is 0 Å². The van der Waals surface area contributed by atoms with Gasteiger partial charge in [-0.2, -0.15) is 0 Å². The van der Waals surface area contributed by atoms with Crippen LogP contribution in [0.2, 0.25) is 0 Å². The molecule has 0 bridgehead atoms. The Morgan fingerprint density at radius 2 is 1.92 bits per heavy atom. The lowest BCUT2D eigenvalue weighted by Gasteiger charge is -2.13. The molecule has 0 aliphatic heterocycles. The van der Waals surface area contributed by atoms with E-state index in [1.165, 1.54) is 31.4 Å². The van der Waals surface area contributed by atoms with E-state index in [4.69, 9.17) is 0 Å². The lowest BCUT2D eigenvalue weighted by molar-refractivity contribution is 0.478. The highest BCUT2D eigenvalue weighted by atomic mass is 14.8. The zero-order valence-electron chi connectivity index (χ0n) is 8.22. The monoisotopic (exact) mass is 175 g/mol. The van der Waals surface area contributed by atoms with Crippen LogP contribution in [-0.2, 0) is 6.42 Å². The standard InChI is InChI=1S/C12H17N/c1-13-10-12(7-8-12)9-11-5-3-2-4-6-11/h2-6,13H,7-10H2,1H3. The van der Waals surface area contributed by atoms with Gasteiger partial charge in [0.05, 0.1) is 0 Å². The first-order valence-corrected chi connectivity index (χ1v) is 5.03. The van der Waals surface area contributed by atoms with E-state index in [2.05, 4.69) is 35.6 Å². The predicted octanol–water partition coefficient (Wildman–Crippen LogP) is 2.23. The summed E-state index contributed by atoms with van der Waals surface area (Å²) in [5, 5.41) is 3.29. The fourth-order valence-corrected chi connectivity index (χ4v) is 2.00. The molecular weight excluding hydrogens is 158 g/mol. The zero-order valence-corrected chi connectivity index (χ0v) is 8.22. The van der Waals surface area contributed by atoms with Crippen molar-refractivity contribution in [2.45, 2.75) is 19.3 Å². The lowest BCUT2D eigenvalue weighted by atomic mass is 9.97. The number of benzene rings is 1. The summed E-state index contributed by atoms with van der Waals surface area (Å²) in [4.78, 5) is 0. The Morgan fingerprint density at radius 1 is 1.23 bits per heavy atom. The van der Waals surface area contributed by atoms with E-state index in [1.807, 2.05) is 7.05 Å². The summed E-state index contributed by atoms with van der Waals surface area (Å²) in [6.07, 6.45) is 4.03. The van der Waals surface area contributed by atoms with Gasteiger partial charge in [0.1, 0.15) is 0 Å². The van der Waals surface area contributed by atoms with E-state index < -0.39 is 0 Å². The second kappa shape index (κ2) is 3.51. The third-order valence-corrected chi connectivity index (χ3v) is 2.93. The molecule has 0 spiro atoms. The van der Waals surface area contributed by atoms with Crippen LogP contribution in [0.3, 0.4) is 0 Å². The molecule has 0 aromatic heterocycles. The average molecular weight is 175 g/mol. The molecule has 0 heterocycles. The average Bonchev–Trinajstić information content (AvgIpc) is 2.87. The predicted molar refractivity (Wildman–Crippen MR) is 55.7 cm³/mol. The van der Waals surface area contributed by atoms with Gasteiger partial charge in [-0.05, 0) is 37.3 Å². The highest BCUT2D eigenvalue weighted by Crippen LogP contribution is 2.47. The summed E-state index contributed by atoms with van der Waals surface area (Å²) in [6.45, 7) is 1.17. The van der Waals surface area contributed by atoms with E-state index in [-0.39, 0.29) is 0 Å². The Morgan fingerprint density at radius 3 is 2.46 bits per heavy atom. The molecule has 1 aromatic carbocycles. The van der Waals surface area contributed by atoms with Crippen LogP contribution >= 0.6 is 0 Å². The van der Waals surface area contributed by atoms with Crippen molar-refractivity contribution in [1.29, 1.82) is 0 Å². The van der Waals surface area contributed by atoms with Gasteiger partial charge in [-0.3, -0.25) is 0 Å². The number of hydrogen-bond acceptors (Lipinski definition) is 1. The summed E-state index contributed by atoms with van der Waals surface area (Å²) in [7, 11) is 2.05. The SMILES string of the molecule is CNCC1(Cc2ccccc2)CC1. The lowest BCUT2D eigenvalue weighted by Crippen LogP contribution is -2.21. The second-order valence-corrected chi connectivity index (χ2v) is 4.19. The number of rotatable bonds is 4. The summed E-state index contributed by atoms with van der Waals surface area (Å²) in [6, 6.07) is 10.8.